The molecule has 0 aliphatic heterocycles. The van der Waals surface area contributed by atoms with Gasteiger partial charge in [0, 0.05) is 38.9 Å². The van der Waals surface area contributed by atoms with Crippen LogP contribution in [0.5, 0.6) is 5.75 Å². The van der Waals surface area contributed by atoms with E-state index in [-0.39, 0.29) is 0 Å². The third-order valence-corrected chi connectivity index (χ3v) is 3.43. The Morgan fingerprint density at radius 1 is 1.24 bits per heavy atom. The van der Waals surface area contributed by atoms with Crippen LogP contribution in [-0.2, 0) is 17.8 Å². The molecule has 4 nitrogen and oxygen atoms in total. The summed E-state index contributed by atoms with van der Waals surface area (Å²) >= 11 is 0. The van der Waals surface area contributed by atoms with Crippen LogP contribution in [0.3, 0.4) is 0 Å². The third-order valence-electron chi connectivity index (χ3n) is 3.43. The highest BCUT2D eigenvalue weighted by atomic mass is 16.5. The van der Waals surface area contributed by atoms with Crippen LogP contribution in [0.4, 0.5) is 0 Å². The predicted molar refractivity (Wildman–Crippen MR) is 87.8 cm³/mol. The van der Waals surface area contributed by atoms with Gasteiger partial charge in [-0.05, 0) is 44.1 Å². The summed E-state index contributed by atoms with van der Waals surface area (Å²) in [7, 11) is 5.62. The van der Waals surface area contributed by atoms with Crippen molar-refractivity contribution in [2.24, 2.45) is 0 Å². The quantitative estimate of drug-likeness (QED) is 0.636. The fourth-order valence-electron chi connectivity index (χ4n) is 2.32. The number of methoxy groups -OCH3 is 2. The maximum Gasteiger partial charge on any atom is 0.123 e. The molecule has 0 atom stereocenters. The molecule has 4 heteroatoms. The number of hydrogen-bond donors (Lipinski definition) is 1. The van der Waals surface area contributed by atoms with Crippen molar-refractivity contribution in [3.63, 3.8) is 0 Å². The molecule has 0 heterocycles. The lowest BCUT2D eigenvalue weighted by molar-refractivity contribution is 0.178. The van der Waals surface area contributed by atoms with Crippen molar-refractivity contribution < 1.29 is 9.47 Å². The smallest absolute Gasteiger partial charge is 0.123 e. The Kier molecular flexibility index (Phi) is 9.06. The molecular weight excluding hydrogens is 264 g/mol. The first-order valence-corrected chi connectivity index (χ1v) is 7.75. The van der Waals surface area contributed by atoms with Gasteiger partial charge >= 0.3 is 0 Å². The minimum atomic E-state index is 0.808. The van der Waals surface area contributed by atoms with Gasteiger partial charge in [-0.15, -0.1) is 0 Å². The average Bonchev–Trinajstić information content (AvgIpc) is 2.48. The van der Waals surface area contributed by atoms with Gasteiger partial charge in [0.2, 0.25) is 0 Å². The summed E-state index contributed by atoms with van der Waals surface area (Å²) in [6.07, 6.45) is 2.21. The highest BCUT2D eigenvalue weighted by Crippen LogP contribution is 2.21. The second-order valence-corrected chi connectivity index (χ2v) is 5.41. The molecule has 21 heavy (non-hydrogen) atoms. The standard InChI is InChI=1S/C17H30N2O2/c1-5-9-18-13-15-7-8-17(21-4)16(12-15)14-19(2)10-6-11-20-3/h7-8,12,18H,5-6,9-11,13-14H2,1-4H3. The molecule has 1 N–H and O–H groups in total. The SMILES string of the molecule is CCCNCc1ccc(OC)c(CN(C)CCCOC)c1. The number of hydrogen-bond acceptors (Lipinski definition) is 4. The van der Waals surface area contributed by atoms with E-state index in [0.29, 0.717) is 0 Å². The summed E-state index contributed by atoms with van der Waals surface area (Å²) in [6, 6.07) is 6.45. The van der Waals surface area contributed by atoms with Gasteiger partial charge in [0.1, 0.15) is 5.75 Å². The summed E-state index contributed by atoms with van der Waals surface area (Å²) in [5.74, 6) is 0.966. The zero-order chi connectivity index (χ0) is 15.5. The van der Waals surface area contributed by atoms with Crippen LogP contribution in [0.15, 0.2) is 18.2 Å². The minimum Gasteiger partial charge on any atom is -0.496 e. The molecule has 0 saturated heterocycles. The van der Waals surface area contributed by atoms with Gasteiger partial charge in [-0.25, -0.2) is 0 Å². The Morgan fingerprint density at radius 2 is 2.05 bits per heavy atom. The van der Waals surface area contributed by atoms with E-state index in [4.69, 9.17) is 9.47 Å². The number of nitrogens with zero attached hydrogens (tertiary/aromatic N) is 1. The van der Waals surface area contributed by atoms with Gasteiger partial charge in [0.25, 0.3) is 0 Å². The first-order valence-electron chi connectivity index (χ1n) is 7.75. The molecule has 0 bridgehead atoms. The van der Waals surface area contributed by atoms with Gasteiger partial charge < -0.3 is 19.7 Å². The second kappa shape index (κ2) is 10.6. The zero-order valence-electron chi connectivity index (χ0n) is 13.9. The number of nitrogens with one attached hydrogen (secondary N) is 1. The Bertz CT molecular complexity index is 396. The Balaban J connectivity index is 2.62. The first-order chi connectivity index (χ1) is 10.2. The van der Waals surface area contributed by atoms with E-state index >= 15 is 0 Å². The molecule has 0 unspecified atom stereocenters. The lowest BCUT2D eigenvalue weighted by atomic mass is 10.1. The molecule has 0 radical (unpaired) electrons. The van der Waals surface area contributed by atoms with E-state index < -0.39 is 0 Å². The van der Waals surface area contributed by atoms with Gasteiger partial charge in [0.15, 0.2) is 0 Å². The van der Waals surface area contributed by atoms with Gasteiger partial charge in [-0.2, -0.15) is 0 Å². The number of rotatable bonds is 11. The molecule has 0 aromatic heterocycles. The van der Waals surface area contributed by atoms with E-state index in [1.165, 1.54) is 11.1 Å². The molecule has 0 aliphatic rings. The van der Waals surface area contributed by atoms with Crippen molar-refractivity contribution in [1.82, 2.24) is 10.2 Å². The molecular formula is C17H30N2O2. The van der Waals surface area contributed by atoms with Gasteiger partial charge in [-0.3, -0.25) is 0 Å². The maximum absolute atomic E-state index is 5.48. The molecule has 1 aromatic carbocycles. The Hall–Kier alpha value is -1.10. The number of ether oxygens (including phenoxy) is 2. The largest absolute Gasteiger partial charge is 0.496 e. The summed E-state index contributed by atoms with van der Waals surface area (Å²) in [5.41, 5.74) is 2.55. The van der Waals surface area contributed by atoms with E-state index in [9.17, 15) is 0 Å². The normalized spacial score (nSPS) is 11.1. The van der Waals surface area contributed by atoms with Gasteiger partial charge in [-0.1, -0.05) is 13.0 Å². The second-order valence-electron chi connectivity index (χ2n) is 5.41. The minimum absolute atomic E-state index is 0.808. The molecule has 1 aromatic rings. The van der Waals surface area contributed by atoms with Crippen LogP contribution >= 0.6 is 0 Å². The molecule has 1 rings (SSSR count). The van der Waals surface area contributed by atoms with E-state index in [1.807, 2.05) is 0 Å². The van der Waals surface area contributed by atoms with Crippen molar-refractivity contribution in [3.8, 4) is 5.75 Å². The molecule has 0 aliphatic carbocycles. The van der Waals surface area contributed by atoms with Crippen molar-refractivity contribution in [2.45, 2.75) is 32.9 Å². The highest BCUT2D eigenvalue weighted by Gasteiger charge is 2.07. The van der Waals surface area contributed by atoms with Crippen molar-refractivity contribution >= 4 is 0 Å². The molecule has 0 fully saturated rings. The lowest BCUT2D eigenvalue weighted by Gasteiger charge is -2.19. The molecule has 0 spiro atoms. The number of benzene rings is 1. The van der Waals surface area contributed by atoms with Gasteiger partial charge in [0.05, 0.1) is 7.11 Å². The van der Waals surface area contributed by atoms with Crippen LogP contribution in [0.1, 0.15) is 30.9 Å². The first kappa shape index (κ1) is 18.0. The lowest BCUT2D eigenvalue weighted by Crippen LogP contribution is -2.21. The van der Waals surface area contributed by atoms with Crippen LogP contribution in [-0.4, -0.2) is 45.9 Å². The van der Waals surface area contributed by atoms with Crippen molar-refractivity contribution in [3.05, 3.63) is 29.3 Å². The molecule has 0 amide bonds. The van der Waals surface area contributed by atoms with Crippen LogP contribution in [0.25, 0.3) is 0 Å². The monoisotopic (exact) mass is 294 g/mol. The maximum atomic E-state index is 5.48. The van der Waals surface area contributed by atoms with E-state index in [2.05, 4.69) is 42.4 Å². The molecule has 0 saturated carbocycles. The zero-order valence-corrected chi connectivity index (χ0v) is 13.9. The summed E-state index contributed by atoms with van der Waals surface area (Å²) in [4.78, 5) is 2.31. The predicted octanol–water partition coefficient (Wildman–Crippen LogP) is 2.66. The average molecular weight is 294 g/mol. The highest BCUT2D eigenvalue weighted by molar-refractivity contribution is 5.37. The van der Waals surface area contributed by atoms with E-state index in [1.54, 1.807) is 14.2 Å². The third kappa shape index (κ3) is 6.93. The molecule has 120 valence electrons. The van der Waals surface area contributed by atoms with Crippen LogP contribution in [0, 0.1) is 0 Å². The van der Waals surface area contributed by atoms with Crippen molar-refractivity contribution in [1.29, 1.82) is 0 Å². The van der Waals surface area contributed by atoms with Crippen LogP contribution in [0.2, 0.25) is 0 Å². The fraction of sp³-hybridized carbons (Fsp3) is 0.647. The van der Waals surface area contributed by atoms with Crippen LogP contribution < -0.4 is 10.1 Å². The Morgan fingerprint density at radius 3 is 2.71 bits per heavy atom. The summed E-state index contributed by atoms with van der Waals surface area (Å²) < 4.78 is 10.6. The summed E-state index contributed by atoms with van der Waals surface area (Å²) in [6.45, 7) is 6.88. The topological polar surface area (TPSA) is 33.7 Å². The van der Waals surface area contributed by atoms with E-state index in [0.717, 1.165) is 51.4 Å². The fourth-order valence-corrected chi connectivity index (χ4v) is 2.32. The summed E-state index contributed by atoms with van der Waals surface area (Å²) in [5, 5.41) is 3.44. The Labute approximate surface area is 129 Å². The van der Waals surface area contributed by atoms with Crippen molar-refractivity contribution in [2.75, 3.05) is 41.0 Å².